The zero-order valence-corrected chi connectivity index (χ0v) is 12.5. The Bertz CT molecular complexity index is 819. The van der Waals surface area contributed by atoms with Gasteiger partial charge < -0.3 is 25.3 Å². The zero-order chi connectivity index (χ0) is 17.2. The number of H-pyrrole nitrogens is 1. The lowest BCUT2D eigenvalue weighted by Crippen LogP contribution is -2.36. The van der Waals surface area contributed by atoms with Gasteiger partial charge in [0.15, 0.2) is 5.75 Å². The summed E-state index contributed by atoms with van der Waals surface area (Å²) >= 11 is 0. The molecule has 0 bridgehead atoms. The van der Waals surface area contributed by atoms with Gasteiger partial charge in [-0.3, -0.25) is 14.4 Å². The van der Waals surface area contributed by atoms with Gasteiger partial charge in [-0.25, -0.2) is 0 Å². The molecular weight excluding hydrogens is 304 g/mol. The topological polar surface area (TPSA) is 129 Å². The number of carboxylic acids is 1. The predicted molar refractivity (Wildman–Crippen MR) is 81.5 cm³/mol. The third-order valence-electron chi connectivity index (χ3n) is 2.85. The number of hydrogen-bond donors (Lipinski definition) is 4. The largest absolute Gasteiger partial charge is 0.480 e. The number of benzene rings is 1. The average Bonchev–Trinajstić information content (AvgIpc) is 2.43. The van der Waals surface area contributed by atoms with Gasteiger partial charge >= 0.3 is 5.97 Å². The molecule has 0 saturated heterocycles. The van der Waals surface area contributed by atoms with Gasteiger partial charge in [-0.1, -0.05) is 12.1 Å². The molecule has 8 heteroatoms. The molecule has 0 saturated carbocycles. The molecule has 0 aliphatic rings. The van der Waals surface area contributed by atoms with Crippen LogP contribution in [0, 0.1) is 0 Å². The van der Waals surface area contributed by atoms with Gasteiger partial charge in [0.1, 0.15) is 12.1 Å². The number of carbonyl (C=O) groups excluding carboxylic acids is 1. The van der Waals surface area contributed by atoms with Gasteiger partial charge in [0, 0.05) is 19.2 Å². The number of aliphatic hydroxyl groups is 1. The number of fused-ring (bicyclic) bond motifs is 1. The van der Waals surface area contributed by atoms with Crippen molar-refractivity contribution < 1.29 is 24.5 Å². The fourth-order valence-corrected chi connectivity index (χ4v) is 2.02. The van der Waals surface area contributed by atoms with Crippen molar-refractivity contribution in [3.05, 3.63) is 40.2 Å². The van der Waals surface area contributed by atoms with E-state index in [0.29, 0.717) is 10.9 Å². The van der Waals surface area contributed by atoms with Crippen LogP contribution in [0.4, 0.5) is 0 Å². The Morgan fingerprint density at radius 1 is 1.30 bits per heavy atom. The van der Waals surface area contributed by atoms with E-state index >= 15 is 0 Å². The lowest BCUT2D eigenvalue weighted by atomic mass is 10.1. The Morgan fingerprint density at radius 2 is 1.96 bits per heavy atom. The molecule has 23 heavy (non-hydrogen) atoms. The quantitative estimate of drug-likeness (QED) is 0.592. The van der Waals surface area contributed by atoms with Gasteiger partial charge in [-0.15, -0.1) is 0 Å². The van der Waals surface area contributed by atoms with Crippen molar-refractivity contribution in [3.8, 4) is 5.75 Å². The molecule has 2 rings (SSSR count). The summed E-state index contributed by atoms with van der Waals surface area (Å²) in [5, 5.41) is 21.0. The fraction of sp³-hybridized carbons (Fsp3) is 0.267. The smallest absolute Gasteiger partial charge is 0.322 e. The summed E-state index contributed by atoms with van der Waals surface area (Å²) in [7, 11) is 0. The molecular formula is C15H16N2O6. The molecule has 0 fully saturated rings. The molecule has 1 heterocycles. The highest BCUT2D eigenvalue weighted by Gasteiger charge is 2.25. The maximum Gasteiger partial charge on any atom is 0.322 e. The van der Waals surface area contributed by atoms with E-state index in [2.05, 4.69) is 10.3 Å². The van der Waals surface area contributed by atoms with E-state index in [9.17, 15) is 19.5 Å². The van der Waals surface area contributed by atoms with Crippen LogP contribution in [0.15, 0.2) is 29.1 Å². The summed E-state index contributed by atoms with van der Waals surface area (Å²) in [6, 6.07) is 6.60. The van der Waals surface area contributed by atoms with E-state index in [-0.39, 0.29) is 5.75 Å². The number of amides is 1. The number of aliphatic carboxylic acids is 1. The summed E-state index contributed by atoms with van der Waals surface area (Å²) in [6.07, 6.45) is 0. The number of carboxylic acid groups (broad SMARTS) is 1. The van der Waals surface area contributed by atoms with Crippen molar-refractivity contribution in [2.45, 2.75) is 19.6 Å². The third-order valence-corrected chi connectivity index (χ3v) is 2.85. The van der Waals surface area contributed by atoms with Gasteiger partial charge in [-0.05, 0) is 12.1 Å². The molecule has 122 valence electrons. The van der Waals surface area contributed by atoms with Crippen molar-refractivity contribution in [2.75, 3.05) is 6.54 Å². The van der Waals surface area contributed by atoms with Crippen molar-refractivity contribution in [2.24, 2.45) is 0 Å². The fourth-order valence-electron chi connectivity index (χ4n) is 2.02. The minimum atomic E-state index is -1.64. The molecule has 0 unspecified atom stereocenters. The van der Waals surface area contributed by atoms with Crippen LogP contribution in [0.3, 0.4) is 0 Å². The third kappa shape index (κ3) is 3.86. The highest BCUT2D eigenvalue weighted by atomic mass is 16.6. The molecule has 0 atom stereocenters. The molecule has 0 spiro atoms. The van der Waals surface area contributed by atoms with Crippen molar-refractivity contribution in [1.82, 2.24) is 10.3 Å². The molecule has 4 N–H and O–H groups in total. The summed E-state index contributed by atoms with van der Waals surface area (Å²) in [4.78, 5) is 37.5. The normalized spacial score (nSPS) is 11.3. The number of aromatic nitrogens is 1. The van der Waals surface area contributed by atoms with Crippen LogP contribution in [0.5, 0.6) is 5.75 Å². The highest BCUT2D eigenvalue weighted by molar-refractivity contribution is 6.03. The number of ether oxygens (including phenoxy) is 1. The molecule has 0 radical (unpaired) electrons. The number of hydrogen-bond acceptors (Lipinski definition) is 5. The van der Waals surface area contributed by atoms with Crippen LogP contribution in [0.1, 0.15) is 24.2 Å². The number of aromatic amines is 1. The summed E-state index contributed by atoms with van der Waals surface area (Å²) in [5.74, 6) is -3.91. The van der Waals surface area contributed by atoms with Crippen LogP contribution < -0.4 is 15.6 Å². The number of pyridine rings is 1. The summed E-state index contributed by atoms with van der Waals surface area (Å²) in [6.45, 7) is 2.05. The monoisotopic (exact) mass is 320 g/mol. The molecule has 0 aliphatic heterocycles. The van der Waals surface area contributed by atoms with Crippen molar-refractivity contribution in [3.63, 3.8) is 0 Å². The maximum absolute atomic E-state index is 12.2. The maximum atomic E-state index is 12.2. The SMILES string of the molecule is CC(C)(O)Oc1c(C(=O)NCC(=O)O)c(=O)[nH]c2ccccc12. The van der Waals surface area contributed by atoms with Crippen LogP contribution >= 0.6 is 0 Å². The van der Waals surface area contributed by atoms with E-state index in [1.165, 1.54) is 13.8 Å². The number of para-hydroxylation sites is 1. The zero-order valence-electron chi connectivity index (χ0n) is 12.5. The Morgan fingerprint density at radius 3 is 2.57 bits per heavy atom. The second-order valence-electron chi connectivity index (χ2n) is 5.33. The standard InChI is InChI=1S/C15H16N2O6/c1-15(2,22)23-12-8-5-3-4-6-9(8)17-14(21)11(12)13(20)16-7-10(18)19/h3-6,22H,7H2,1-2H3,(H,16,20)(H,17,21)(H,18,19). The Balaban J connectivity index is 2.64. The predicted octanol–water partition coefficient (Wildman–Crippen LogP) is 0.450. The summed E-state index contributed by atoms with van der Waals surface area (Å²) < 4.78 is 5.38. The number of carbonyl (C=O) groups is 2. The van der Waals surface area contributed by atoms with E-state index in [0.717, 1.165) is 0 Å². The lowest BCUT2D eigenvalue weighted by Gasteiger charge is -2.22. The number of nitrogens with one attached hydrogen (secondary N) is 2. The average molecular weight is 320 g/mol. The molecule has 1 aromatic carbocycles. The van der Waals surface area contributed by atoms with E-state index in [1.807, 2.05) is 0 Å². The van der Waals surface area contributed by atoms with E-state index < -0.39 is 35.3 Å². The van der Waals surface area contributed by atoms with Crippen molar-refractivity contribution in [1.29, 1.82) is 0 Å². The van der Waals surface area contributed by atoms with Gasteiger partial charge in [0.25, 0.3) is 11.5 Å². The van der Waals surface area contributed by atoms with Crippen molar-refractivity contribution >= 4 is 22.8 Å². The van der Waals surface area contributed by atoms with E-state index in [1.54, 1.807) is 24.3 Å². The van der Waals surface area contributed by atoms with E-state index in [4.69, 9.17) is 9.84 Å². The molecule has 0 aliphatic carbocycles. The first-order chi connectivity index (χ1) is 10.7. The Labute approximate surface area is 130 Å². The first-order valence-corrected chi connectivity index (χ1v) is 6.75. The van der Waals surface area contributed by atoms with Crippen LogP contribution in [-0.4, -0.2) is 39.4 Å². The minimum Gasteiger partial charge on any atom is -0.480 e. The van der Waals surface area contributed by atoms with Gasteiger partial charge in [0.05, 0.1) is 5.52 Å². The summed E-state index contributed by atoms with van der Waals surface area (Å²) in [5.41, 5.74) is -0.718. The first kappa shape index (κ1) is 16.5. The van der Waals surface area contributed by atoms with Crippen LogP contribution in [-0.2, 0) is 4.79 Å². The second-order valence-corrected chi connectivity index (χ2v) is 5.33. The van der Waals surface area contributed by atoms with Gasteiger partial charge in [0.2, 0.25) is 5.79 Å². The van der Waals surface area contributed by atoms with Crippen LogP contribution in [0.25, 0.3) is 10.9 Å². The number of rotatable bonds is 5. The molecule has 1 amide bonds. The first-order valence-electron chi connectivity index (χ1n) is 6.75. The molecule has 8 nitrogen and oxygen atoms in total. The lowest BCUT2D eigenvalue weighted by molar-refractivity contribution is -0.135. The highest BCUT2D eigenvalue weighted by Crippen LogP contribution is 2.28. The Hall–Kier alpha value is -2.87. The second kappa shape index (κ2) is 6.09. The molecule has 2 aromatic rings. The Kier molecular flexibility index (Phi) is 4.37. The van der Waals surface area contributed by atoms with Crippen LogP contribution in [0.2, 0.25) is 0 Å². The minimum absolute atomic E-state index is 0.111. The van der Waals surface area contributed by atoms with Gasteiger partial charge in [-0.2, -0.15) is 0 Å². The molecule has 1 aromatic heterocycles.